The monoisotopic (exact) mass is 262 g/mol. The summed E-state index contributed by atoms with van der Waals surface area (Å²) in [5, 5.41) is 9.85. The Hall–Kier alpha value is -1.88. The first-order valence-corrected chi connectivity index (χ1v) is 6.39. The van der Waals surface area contributed by atoms with Crippen molar-refractivity contribution in [2.75, 3.05) is 0 Å². The van der Waals surface area contributed by atoms with Crippen molar-refractivity contribution >= 4 is 11.8 Å². The SMILES string of the molecule is NC(=O)CCCC(O)C(=O)N1Cc2cccc(c2)C1. The maximum Gasteiger partial charge on any atom is 0.252 e. The third-order valence-electron chi connectivity index (χ3n) is 3.24. The average Bonchev–Trinajstić information content (AvgIpc) is 2.36. The molecule has 2 rings (SSSR count). The van der Waals surface area contributed by atoms with Crippen molar-refractivity contribution in [3.05, 3.63) is 35.4 Å². The van der Waals surface area contributed by atoms with Crippen molar-refractivity contribution in [1.29, 1.82) is 0 Å². The van der Waals surface area contributed by atoms with Crippen molar-refractivity contribution in [2.45, 2.75) is 38.5 Å². The van der Waals surface area contributed by atoms with Gasteiger partial charge in [0, 0.05) is 19.5 Å². The number of rotatable bonds is 5. The lowest BCUT2D eigenvalue weighted by atomic mass is 10.0. The van der Waals surface area contributed by atoms with Crippen LogP contribution in [0.4, 0.5) is 0 Å². The molecule has 1 aromatic rings. The molecular formula is C14H18N2O3. The summed E-state index contributed by atoms with van der Waals surface area (Å²) in [6, 6.07) is 7.95. The summed E-state index contributed by atoms with van der Waals surface area (Å²) >= 11 is 0. The maximum absolute atomic E-state index is 12.1. The first-order valence-electron chi connectivity index (χ1n) is 6.39. The van der Waals surface area contributed by atoms with Crippen LogP contribution in [-0.2, 0) is 22.7 Å². The summed E-state index contributed by atoms with van der Waals surface area (Å²) in [7, 11) is 0. The quantitative estimate of drug-likeness (QED) is 0.812. The van der Waals surface area contributed by atoms with Gasteiger partial charge in [-0.05, 0) is 24.0 Å². The van der Waals surface area contributed by atoms with E-state index in [0.717, 1.165) is 11.1 Å². The van der Waals surface area contributed by atoms with Gasteiger partial charge in [-0.2, -0.15) is 0 Å². The van der Waals surface area contributed by atoms with Crippen molar-refractivity contribution in [3.8, 4) is 0 Å². The second-order valence-electron chi connectivity index (χ2n) is 4.89. The summed E-state index contributed by atoms with van der Waals surface area (Å²) in [5.74, 6) is -0.691. The molecular weight excluding hydrogens is 244 g/mol. The number of primary amides is 1. The van der Waals surface area contributed by atoms with Gasteiger partial charge >= 0.3 is 0 Å². The predicted octanol–water partition coefficient (Wildman–Crippen LogP) is 0.545. The van der Waals surface area contributed by atoms with Crippen LogP contribution in [0, 0.1) is 0 Å². The second kappa shape index (κ2) is 5.84. The Labute approximate surface area is 112 Å². The minimum atomic E-state index is -1.05. The van der Waals surface area contributed by atoms with Crippen LogP contribution < -0.4 is 5.73 Å². The molecule has 0 radical (unpaired) electrons. The molecule has 5 nitrogen and oxygen atoms in total. The van der Waals surface area contributed by atoms with E-state index in [1.165, 1.54) is 0 Å². The van der Waals surface area contributed by atoms with Crippen LogP contribution in [0.15, 0.2) is 24.3 Å². The van der Waals surface area contributed by atoms with E-state index in [2.05, 4.69) is 6.07 Å². The highest BCUT2D eigenvalue weighted by Gasteiger charge is 2.24. The van der Waals surface area contributed by atoms with Crippen LogP contribution in [0.1, 0.15) is 30.4 Å². The van der Waals surface area contributed by atoms with Gasteiger partial charge < -0.3 is 15.7 Å². The fourth-order valence-corrected chi connectivity index (χ4v) is 2.28. The molecule has 1 unspecified atom stereocenters. The zero-order chi connectivity index (χ0) is 13.8. The van der Waals surface area contributed by atoms with Gasteiger partial charge in [0.1, 0.15) is 6.10 Å². The van der Waals surface area contributed by atoms with Gasteiger partial charge in [0.2, 0.25) is 5.91 Å². The molecule has 0 saturated carbocycles. The Morgan fingerprint density at radius 3 is 2.53 bits per heavy atom. The van der Waals surface area contributed by atoms with E-state index in [4.69, 9.17) is 5.73 Å². The molecule has 0 aromatic heterocycles. The standard InChI is InChI=1S/C14H18N2O3/c15-13(18)6-2-5-12(17)14(19)16-8-10-3-1-4-11(7-10)9-16/h1,3-4,7,12,17H,2,5-6,8-9H2,(H2,15,18). The summed E-state index contributed by atoms with van der Waals surface area (Å²) in [6.45, 7) is 1.05. The molecule has 1 aliphatic heterocycles. The van der Waals surface area contributed by atoms with Crippen LogP contribution in [0.3, 0.4) is 0 Å². The highest BCUT2D eigenvalue weighted by atomic mass is 16.3. The van der Waals surface area contributed by atoms with E-state index in [9.17, 15) is 14.7 Å². The Morgan fingerprint density at radius 1 is 1.32 bits per heavy atom. The van der Waals surface area contributed by atoms with Crippen molar-refractivity contribution in [2.24, 2.45) is 5.73 Å². The fourth-order valence-electron chi connectivity index (χ4n) is 2.28. The zero-order valence-electron chi connectivity index (χ0n) is 10.7. The molecule has 1 heterocycles. The number of carbonyl (C=O) groups is 2. The number of carbonyl (C=O) groups excluding carboxylic acids is 2. The molecule has 3 N–H and O–H groups in total. The van der Waals surface area contributed by atoms with Gasteiger partial charge in [0.25, 0.3) is 5.91 Å². The van der Waals surface area contributed by atoms with E-state index in [1.807, 2.05) is 18.2 Å². The Bertz CT molecular complexity index is 466. The molecule has 0 spiro atoms. The van der Waals surface area contributed by atoms with Crippen LogP contribution in [0.25, 0.3) is 0 Å². The third kappa shape index (κ3) is 3.54. The molecule has 0 aliphatic carbocycles. The minimum Gasteiger partial charge on any atom is -0.383 e. The molecule has 2 bridgehead atoms. The lowest BCUT2D eigenvalue weighted by Gasteiger charge is -2.29. The molecule has 102 valence electrons. The number of aliphatic hydroxyl groups excluding tert-OH is 1. The van der Waals surface area contributed by atoms with Gasteiger partial charge in [-0.25, -0.2) is 0 Å². The molecule has 19 heavy (non-hydrogen) atoms. The van der Waals surface area contributed by atoms with Crippen molar-refractivity contribution < 1.29 is 14.7 Å². The highest BCUT2D eigenvalue weighted by Crippen LogP contribution is 2.19. The molecule has 1 aliphatic rings. The van der Waals surface area contributed by atoms with Gasteiger partial charge in [0.15, 0.2) is 0 Å². The van der Waals surface area contributed by atoms with Gasteiger partial charge in [0.05, 0.1) is 0 Å². The lowest BCUT2D eigenvalue weighted by Crippen LogP contribution is -2.39. The van der Waals surface area contributed by atoms with Crippen LogP contribution in [0.2, 0.25) is 0 Å². The van der Waals surface area contributed by atoms with E-state index in [0.29, 0.717) is 19.5 Å². The Balaban J connectivity index is 1.88. The largest absolute Gasteiger partial charge is 0.383 e. The first-order chi connectivity index (χ1) is 9.06. The molecule has 1 aromatic carbocycles. The molecule has 1 atom stereocenters. The average molecular weight is 262 g/mol. The highest BCUT2D eigenvalue weighted by molar-refractivity contribution is 5.81. The fraction of sp³-hybridized carbons (Fsp3) is 0.429. The van der Waals surface area contributed by atoms with E-state index in [-0.39, 0.29) is 18.7 Å². The van der Waals surface area contributed by atoms with Crippen LogP contribution >= 0.6 is 0 Å². The molecule has 0 fully saturated rings. The van der Waals surface area contributed by atoms with Gasteiger partial charge in [-0.1, -0.05) is 24.3 Å². The predicted molar refractivity (Wildman–Crippen MR) is 69.7 cm³/mol. The smallest absolute Gasteiger partial charge is 0.252 e. The summed E-state index contributed by atoms with van der Waals surface area (Å²) < 4.78 is 0. The number of amides is 2. The summed E-state index contributed by atoms with van der Waals surface area (Å²) in [6.07, 6.45) is -0.153. The summed E-state index contributed by atoms with van der Waals surface area (Å²) in [5.41, 5.74) is 7.16. The van der Waals surface area contributed by atoms with E-state index in [1.54, 1.807) is 4.90 Å². The minimum absolute atomic E-state index is 0.198. The number of benzene rings is 1. The number of hydrogen-bond donors (Lipinski definition) is 2. The maximum atomic E-state index is 12.1. The number of aliphatic hydroxyl groups is 1. The Morgan fingerprint density at radius 2 is 1.95 bits per heavy atom. The van der Waals surface area contributed by atoms with Crippen molar-refractivity contribution in [1.82, 2.24) is 4.90 Å². The molecule has 0 saturated heterocycles. The number of nitrogens with two attached hydrogens (primary N) is 1. The summed E-state index contributed by atoms with van der Waals surface area (Å²) in [4.78, 5) is 24.3. The number of fused-ring (bicyclic) bond motifs is 2. The lowest BCUT2D eigenvalue weighted by molar-refractivity contribution is -0.142. The molecule has 5 heteroatoms. The second-order valence-corrected chi connectivity index (χ2v) is 4.89. The molecule has 2 amide bonds. The van der Waals surface area contributed by atoms with Crippen LogP contribution in [0.5, 0.6) is 0 Å². The van der Waals surface area contributed by atoms with E-state index < -0.39 is 12.0 Å². The third-order valence-corrected chi connectivity index (χ3v) is 3.24. The first kappa shape index (κ1) is 13.5. The number of hydrogen-bond acceptors (Lipinski definition) is 3. The zero-order valence-corrected chi connectivity index (χ0v) is 10.7. The van der Waals surface area contributed by atoms with Crippen LogP contribution in [-0.4, -0.2) is 27.9 Å². The van der Waals surface area contributed by atoms with Crippen molar-refractivity contribution in [3.63, 3.8) is 0 Å². The van der Waals surface area contributed by atoms with Gasteiger partial charge in [-0.3, -0.25) is 9.59 Å². The van der Waals surface area contributed by atoms with Gasteiger partial charge in [-0.15, -0.1) is 0 Å². The normalized spacial score (nSPS) is 15.1. The topological polar surface area (TPSA) is 83.6 Å². The van der Waals surface area contributed by atoms with E-state index >= 15 is 0 Å². The number of nitrogens with zero attached hydrogens (tertiary/aromatic N) is 1. The Kier molecular flexibility index (Phi) is 4.16.